The van der Waals surface area contributed by atoms with E-state index in [1.54, 1.807) is 6.07 Å². The second-order valence-corrected chi connectivity index (χ2v) is 10.1. The number of thiophene rings is 1. The summed E-state index contributed by atoms with van der Waals surface area (Å²) in [5.41, 5.74) is 5.38. The Balaban J connectivity index is 2.15. The van der Waals surface area contributed by atoms with Crippen molar-refractivity contribution in [3.05, 3.63) is 17.0 Å². The maximum absolute atomic E-state index is 12.8. The van der Waals surface area contributed by atoms with E-state index in [4.69, 9.17) is 5.73 Å². The highest BCUT2D eigenvalue weighted by atomic mass is 32.2. The number of nitrogens with two attached hydrogens (primary N) is 1. The molecule has 0 saturated carbocycles. The predicted octanol–water partition coefficient (Wildman–Crippen LogP) is 2.42. The number of nitrogens with one attached hydrogen (secondary N) is 1. The van der Waals surface area contributed by atoms with Crippen molar-refractivity contribution < 1.29 is 13.2 Å². The van der Waals surface area contributed by atoms with Crippen LogP contribution in [-0.4, -0.2) is 43.8 Å². The molecule has 1 amide bonds. The lowest BCUT2D eigenvalue weighted by Crippen LogP contribution is -2.52. The van der Waals surface area contributed by atoms with E-state index in [-0.39, 0.29) is 10.1 Å². The number of amides is 1. The molecule has 1 aliphatic rings. The van der Waals surface area contributed by atoms with Crippen LogP contribution in [0.2, 0.25) is 0 Å². The van der Waals surface area contributed by atoms with Crippen LogP contribution in [0.4, 0.5) is 0 Å². The zero-order valence-electron chi connectivity index (χ0n) is 15.2. The molecular weight excluding hydrogens is 358 g/mol. The standard InChI is InChI=1S/C17H29N3O3S2/c1-4-17(5-2,12-18)19-16(21)14-6-7-15(24-14)25(22,23)20-10-8-13(3)9-11-20/h6-7,13H,4-5,8-12,18H2,1-3H3,(H,19,21). The summed E-state index contributed by atoms with van der Waals surface area (Å²) in [6.07, 6.45) is 3.22. The molecule has 0 aromatic carbocycles. The topological polar surface area (TPSA) is 92.5 Å². The second kappa shape index (κ2) is 8.16. The molecule has 8 heteroatoms. The summed E-state index contributed by atoms with van der Waals surface area (Å²) >= 11 is 1.03. The summed E-state index contributed by atoms with van der Waals surface area (Å²) in [7, 11) is -3.51. The Morgan fingerprint density at radius 2 is 1.92 bits per heavy atom. The molecular formula is C17H29N3O3S2. The van der Waals surface area contributed by atoms with Gasteiger partial charge in [-0.3, -0.25) is 4.79 Å². The Labute approximate surface area is 154 Å². The number of hydrogen-bond acceptors (Lipinski definition) is 5. The van der Waals surface area contributed by atoms with Crippen molar-refractivity contribution in [2.45, 2.75) is 56.2 Å². The molecule has 1 saturated heterocycles. The molecule has 2 heterocycles. The lowest BCUT2D eigenvalue weighted by molar-refractivity contribution is 0.0899. The van der Waals surface area contributed by atoms with E-state index < -0.39 is 15.6 Å². The minimum absolute atomic E-state index is 0.235. The van der Waals surface area contributed by atoms with Gasteiger partial charge in [-0.2, -0.15) is 4.31 Å². The van der Waals surface area contributed by atoms with Crippen molar-refractivity contribution in [1.29, 1.82) is 0 Å². The number of carbonyl (C=O) groups is 1. The molecule has 1 fully saturated rings. The third-order valence-corrected chi connectivity index (χ3v) is 8.71. The summed E-state index contributed by atoms with van der Waals surface area (Å²) in [5, 5.41) is 2.98. The quantitative estimate of drug-likeness (QED) is 0.751. The van der Waals surface area contributed by atoms with Gasteiger partial charge in [0.2, 0.25) is 0 Å². The first-order chi connectivity index (χ1) is 11.8. The molecule has 0 atom stereocenters. The smallest absolute Gasteiger partial charge is 0.261 e. The van der Waals surface area contributed by atoms with Crippen LogP contribution in [0.1, 0.15) is 56.1 Å². The molecule has 0 spiro atoms. The van der Waals surface area contributed by atoms with E-state index in [0.29, 0.717) is 30.4 Å². The van der Waals surface area contributed by atoms with Gasteiger partial charge < -0.3 is 11.1 Å². The Hall–Kier alpha value is -0.960. The largest absolute Gasteiger partial charge is 0.345 e. The lowest BCUT2D eigenvalue weighted by atomic mass is 9.93. The van der Waals surface area contributed by atoms with Gasteiger partial charge in [-0.25, -0.2) is 8.42 Å². The van der Waals surface area contributed by atoms with Crippen LogP contribution in [-0.2, 0) is 10.0 Å². The summed E-state index contributed by atoms with van der Waals surface area (Å²) in [5.74, 6) is 0.302. The fourth-order valence-corrected chi connectivity index (χ4v) is 5.83. The van der Waals surface area contributed by atoms with Gasteiger partial charge in [-0.1, -0.05) is 20.8 Å². The van der Waals surface area contributed by atoms with Crippen LogP contribution < -0.4 is 11.1 Å². The Morgan fingerprint density at radius 3 is 2.44 bits per heavy atom. The normalized spacial score (nSPS) is 17.6. The van der Waals surface area contributed by atoms with E-state index in [1.165, 1.54) is 10.4 Å². The van der Waals surface area contributed by atoms with Crippen LogP contribution in [0.5, 0.6) is 0 Å². The SMILES string of the molecule is CCC(CC)(CN)NC(=O)c1ccc(S(=O)(=O)N2CCC(C)CC2)s1. The van der Waals surface area contributed by atoms with E-state index in [9.17, 15) is 13.2 Å². The third-order valence-electron chi connectivity index (χ3n) is 5.26. The van der Waals surface area contributed by atoms with Crippen molar-refractivity contribution >= 4 is 27.3 Å². The molecule has 6 nitrogen and oxygen atoms in total. The van der Waals surface area contributed by atoms with Crippen LogP contribution in [0.3, 0.4) is 0 Å². The van der Waals surface area contributed by atoms with Crippen LogP contribution >= 0.6 is 11.3 Å². The van der Waals surface area contributed by atoms with Crippen molar-refractivity contribution in [3.63, 3.8) is 0 Å². The molecule has 142 valence electrons. The van der Waals surface area contributed by atoms with E-state index in [1.807, 2.05) is 13.8 Å². The van der Waals surface area contributed by atoms with E-state index in [0.717, 1.165) is 37.0 Å². The van der Waals surface area contributed by atoms with Gasteiger partial charge in [0.1, 0.15) is 4.21 Å². The summed E-state index contributed by atoms with van der Waals surface area (Å²) in [6.45, 7) is 7.56. The van der Waals surface area contributed by atoms with Crippen LogP contribution in [0, 0.1) is 5.92 Å². The highest BCUT2D eigenvalue weighted by molar-refractivity contribution is 7.91. The predicted molar refractivity (Wildman–Crippen MR) is 101 cm³/mol. The second-order valence-electron chi connectivity index (χ2n) is 6.85. The van der Waals surface area contributed by atoms with Crippen molar-refractivity contribution in [2.75, 3.05) is 19.6 Å². The maximum atomic E-state index is 12.8. The van der Waals surface area contributed by atoms with Gasteiger partial charge in [0.15, 0.2) is 0 Å². The molecule has 3 N–H and O–H groups in total. The number of rotatable bonds is 7. The number of carbonyl (C=O) groups excluding carboxylic acids is 1. The Morgan fingerprint density at radius 1 is 1.32 bits per heavy atom. The molecule has 0 bridgehead atoms. The molecule has 25 heavy (non-hydrogen) atoms. The lowest BCUT2D eigenvalue weighted by Gasteiger charge is -2.31. The van der Waals surface area contributed by atoms with Crippen molar-refractivity contribution in [2.24, 2.45) is 11.7 Å². The molecule has 0 unspecified atom stereocenters. The average Bonchev–Trinajstić information content (AvgIpc) is 3.11. The molecule has 1 aromatic rings. The van der Waals surface area contributed by atoms with Gasteiger partial charge in [-0.15, -0.1) is 11.3 Å². The highest BCUT2D eigenvalue weighted by Gasteiger charge is 2.31. The van der Waals surface area contributed by atoms with Gasteiger partial charge in [0.25, 0.3) is 15.9 Å². The molecule has 1 aliphatic heterocycles. The zero-order valence-corrected chi connectivity index (χ0v) is 16.9. The zero-order chi connectivity index (χ0) is 18.7. The fraction of sp³-hybridized carbons (Fsp3) is 0.706. The van der Waals surface area contributed by atoms with Crippen molar-refractivity contribution in [1.82, 2.24) is 9.62 Å². The summed E-state index contributed by atoms with van der Waals surface area (Å²) in [6, 6.07) is 3.13. The maximum Gasteiger partial charge on any atom is 0.261 e. The minimum atomic E-state index is -3.51. The molecule has 0 aliphatic carbocycles. The number of sulfonamides is 1. The molecule has 1 aromatic heterocycles. The average molecular weight is 388 g/mol. The van der Waals surface area contributed by atoms with E-state index in [2.05, 4.69) is 12.2 Å². The number of piperidine rings is 1. The van der Waals surface area contributed by atoms with Gasteiger partial charge in [-0.05, 0) is 43.7 Å². The van der Waals surface area contributed by atoms with Gasteiger partial charge in [0.05, 0.1) is 10.4 Å². The van der Waals surface area contributed by atoms with Crippen molar-refractivity contribution in [3.8, 4) is 0 Å². The van der Waals surface area contributed by atoms with Gasteiger partial charge in [0, 0.05) is 19.6 Å². The highest BCUT2D eigenvalue weighted by Crippen LogP contribution is 2.28. The Bertz CT molecular complexity index is 679. The minimum Gasteiger partial charge on any atom is -0.345 e. The first kappa shape index (κ1) is 20.4. The molecule has 2 rings (SSSR count). The number of nitrogens with zero attached hydrogens (tertiary/aromatic N) is 1. The molecule has 0 radical (unpaired) electrons. The Kier molecular flexibility index (Phi) is 6.64. The number of hydrogen-bond donors (Lipinski definition) is 2. The first-order valence-corrected chi connectivity index (χ1v) is 11.2. The van der Waals surface area contributed by atoms with Crippen LogP contribution in [0.15, 0.2) is 16.3 Å². The first-order valence-electron chi connectivity index (χ1n) is 8.90. The van der Waals surface area contributed by atoms with Crippen LogP contribution in [0.25, 0.3) is 0 Å². The summed E-state index contributed by atoms with van der Waals surface area (Å²) < 4.78 is 27.3. The third kappa shape index (κ3) is 4.42. The van der Waals surface area contributed by atoms with Gasteiger partial charge >= 0.3 is 0 Å². The monoisotopic (exact) mass is 387 g/mol. The van der Waals surface area contributed by atoms with E-state index >= 15 is 0 Å². The summed E-state index contributed by atoms with van der Waals surface area (Å²) in [4.78, 5) is 12.9. The fourth-order valence-electron chi connectivity index (χ4n) is 3.00.